The van der Waals surface area contributed by atoms with Gasteiger partial charge in [-0.05, 0) is 74.4 Å². The van der Waals surface area contributed by atoms with Gasteiger partial charge in [-0.25, -0.2) is 8.42 Å². The Morgan fingerprint density at radius 2 is 1.71 bits per heavy atom. The molecule has 1 fully saturated rings. The maximum atomic E-state index is 13.1. The summed E-state index contributed by atoms with van der Waals surface area (Å²) in [6, 6.07) is 13.5. The average molecular weight is 497 g/mol. The van der Waals surface area contributed by atoms with Crippen LogP contribution in [-0.4, -0.2) is 67.6 Å². The van der Waals surface area contributed by atoms with Gasteiger partial charge in [0, 0.05) is 31.9 Å². The van der Waals surface area contributed by atoms with Crippen molar-refractivity contribution in [3.8, 4) is 0 Å². The number of hydrogen-bond donors (Lipinski definition) is 1. The fraction of sp³-hybridized carbons (Fsp3) is 0.385. The average Bonchev–Trinajstić information content (AvgIpc) is 2.84. The number of nitrogens with one attached hydrogen (secondary N) is 1. The Kier molecular flexibility index (Phi) is 7.39. The van der Waals surface area contributed by atoms with Crippen molar-refractivity contribution in [3.63, 3.8) is 0 Å². The van der Waals surface area contributed by atoms with E-state index in [9.17, 15) is 18.0 Å². The zero-order valence-corrected chi connectivity index (χ0v) is 21.2. The summed E-state index contributed by atoms with van der Waals surface area (Å²) in [5.74, 6) is -0.401. The number of fused-ring (bicyclic) bond motifs is 1. The normalized spacial score (nSPS) is 19.0. The molecule has 1 N–H and O–H groups in total. The van der Waals surface area contributed by atoms with Crippen LogP contribution in [-0.2, 0) is 19.6 Å². The molecular weight excluding hydrogens is 464 g/mol. The summed E-state index contributed by atoms with van der Waals surface area (Å²) < 4.78 is 27.7. The van der Waals surface area contributed by atoms with Crippen LogP contribution in [0.3, 0.4) is 0 Å². The van der Waals surface area contributed by atoms with Gasteiger partial charge in [0.1, 0.15) is 0 Å². The van der Waals surface area contributed by atoms with E-state index in [-0.39, 0.29) is 29.2 Å². The van der Waals surface area contributed by atoms with Crippen LogP contribution in [0.15, 0.2) is 59.6 Å². The first kappa shape index (κ1) is 25.1. The van der Waals surface area contributed by atoms with Gasteiger partial charge in [0.05, 0.1) is 17.4 Å². The molecule has 9 heteroatoms. The zero-order chi connectivity index (χ0) is 25.2. The van der Waals surface area contributed by atoms with Crippen molar-refractivity contribution >= 4 is 33.6 Å². The lowest BCUT2D eigenvalue weighted by Gasteiger charge is -2.34. The quantitative estimate of drug-likeness (QED) is 0.663. The van der Waals surface area contributed by atoms with Gasteiger partial charge in [0.15, 0.2) is 0 Å². The molecule has 2 aliphatic heterocycles. The summed E-state index contributed by atoms with van der Waals surface area (Å²) in [7, 11) is 0.0540. The topological polar surface area (TPSA) is 90.0 Å². The fourth-order valence-corrected chi connectivity index (χ4v) is 6.15. The summed E-state index contributed by atoms with van der Waals surface area (Å²) in [5.41, 5.74) is 2.40. The van der Waals surface area contributed by atoms with E-state index in [4.69, 9.17) is 0 Å². The van der Waals surface area contributed by atoms with Crippen molar-refractivity contribution < 1.29 is 18.0 Å². The van der Waals surface area contributed by atoms with E-state index in [0.717, 1.165) is 37.1 Å². The molecule has 0 radical (unpaired) electrons. The molecule has 186 valence electrons. The number of piperidine rings is 1. The van der Waals surface area contributed by atoms with Crippen LogP contribution in [0, 0.1) is 0 Å². The minimum atomic E-state index is -3.62. The minimum absolute atomic E-state index is 0.0211. The van der Waals surface area contributed by atoms with Gasteiger partial charge in [-0.3, -0.25) is 9.59 Å². The van der Waals surface area contributed by atoms with Crippen LogP contribution in [0.25, 0.3) is 6.08 Å². The Bertz CT molecular complexity index is 1220. The molecule has 0 bridgehead atoms. The molecule has 2 aromatic carbocycles. The Hall–Kier alpha value is -3.01. The second kappa shape index (κ2) is 10.3. The molecule has 0 spiro atoms. The highest BCUT2D eigenvalue weighted by Crippen LogP contribution is 2.33. The number of anilines is 1. The summed E-state index contributed by atoms with van der Waals surface area (Å²) in [5, 5.41) is 2.84. The van der Waals surface area contributed by atoms with Crippen molar-refractivity contribution in [3.05, 3.63) is 65.9 Å². The smallest absolute Gasteiger partial charge is 0.243 e. The minimum Gasteiger partial charge on any atom is -0.326 e. The molecule has 2 amide bonds. The molecule has 1 saturated heterocycles. The van der Waals surface area contributed by atoms with E-state index in [1.807, 2.05) is 37.4 Å². The fourth-order valence-electron chi connectivity index (χ4n) is 4.73. The van der Waals surface area contributed by atoms with Crippen molar-refractivity contribution in [2.75, 3.05) is 32.5 Å². The van der Waals surface area contributed by atoms with E-state index in [0.29, 0.717) is 5.69 Å². The molecule has 0 aliphatic carbocycles. The molecule has 0 aromatic heterocycles. The molecule has 8 nitrogen and oxygen atoms in total. The maximum absolute atomic E-state index is 13.1. The highest BCUT2D eigenvalue weighted by molar-refractivity contribution is 7.89. The highest BCUT2D eigenvalue weighted by atomic mass is 32.2. The lowest BCUT2D eigenvalue weighted by Crippen LogP contribution is -2.44. The van der Waals surface area contributed by atoms with Gasteiger partial charge in [-0.15, -0.1) is 0 Å². The lowest BCUT2D eigenvalue weighted by atomic mass is 9.93. The Morgan fingerprint density at radius 1 is 1.06 bits per heavy atom. The number of carbonyl (C=O) groups excluding carboxylic acids is 2. The number of hydrogen-bond acceptors (Lipinski definition) is 5. The van der Waals surface area contributed by atoms with Crippen molar-refractivity contribution in [2.45, 2.75) is 43.2 Å². The predicted octanol–water partition coefficient (Wildman–Crippen LogP) is 3.30. The standard InChI is InChI=1S/C26H32N4O4S/c1-19(31)30-17-12-20-6-4-5-7-24(20)25(30)18-26(32)27-21-8-10-23(11-9-21)35(33,34)29(3)22-13-15-28(2)16-14-22/h4-12,17,22,25H,13-16,18H2,1-3H3,(H,27,32). The molecule has 0 saturated carbocycles. The molecule has 4 rings (SSSR count). The van der Waals surface area contributed by atoms with Gasteiger partial charge < -0.3 is 15.1 Å². The van der Waals surface area contributed by atoms with Gasteiger partial charge in [-0.2, -0.15) is 4.31 Å². The molecule has 35 heavy (non-hydrogen) atoms. The third kappa shape index (κ3) is 5.47. The third-order valence-corrected chi connectivity index (χ3v) is 8.79. The summed E-state index contributed by atoms with van der Waals surface area (Å²) in [4.78, 5) is 29.0. The summed E-state index contributed by atoms with van der Waals surface area (Å²) in [6.45, 7) is 3.22. The van der Waals surface area contributed by atoms with Gasteiger partial charge in [0.25, 0.3) is 0 Å². The number of rotatable bonds is 6. The van der Waals surface area contributed by atoms with E-state index in [2.05, 4.69) is 10.2 Å². The first-order valence-electron chi connectivity index (χ1n) is 11.8. The van der Waals surface area contributed by atoms with Crippen LogP contribution >= 0.6 is 0 Å². The highest BCUT2D eigenvalue weighted by Gasteiger charge is 2.31. The molecule has 1 unspecified atom stereocenters. The Balaban J connectivity index is 1.43. The Labute approximate surface area is 207 Å². The number of likely N-dealkylation sites (tertiary alicyclic amines) is 1. The number of amides is 2. The van der Waals surface area contributed by atoms with Crippen molar-refractivity contribution in [1.29, 1.82) is 0 Å². The zero-order valence-electron chi connectivity index (χ0n) is 20.3. The number of carbonyl (C=O) groups is 2. The van der Waals surface area contributed by atoms with Crippen LogP contribution in [0.1, 0.15) is 43.4 Å². The molecule has 1 atom stereocenters. The SMILES string of the molecule is CC(=O)N1C=Cc2ccccc2C1CC(=O)Nc1ccc(S(=O)(=O)N(C)C2CCN(C)CC2)cc1. The third-order valence-electron chi connectivity index (χ3n) is 6.87. The number of benzene rings is 2. The van der Waals surface area contributed by atoms with Crippen LogP contribution < -0.4 is 5.32 Å². The van der Waals surface area contributed by atoms with E-state index >= 15 is 0 Å². The predicted molar refractivity (Wildman–Crippen MR) is 136 cm³/mol. The monoisotopic (exact) mass is 496 g/mol. The maximum Gasteiger partial charge on any atom is 0.243 e. The largest absolute Gasteiger partial charge is 0.326 e. The molecule has 2 heterocycles. The second-order valence-corrected chi connectivity index (χ2v) is 11.2. The molecular formula is C26H32N4O4S. The van der Waals surface area contributed by atoms with Gasteiger partial charge in [-0.1, -0.05) is 24.3 Å². The first-order valence-corrected chi connectivity index (χ1v) is 13.2. The van der Waals surface area contributed by atoms with Gasteiger partial charge >= 0.3 is 0 Å². The lowest BCUT2D eigenvalue weighted by molar-refractivity contribution is -0.129. The van der Waals surface area contributed by atoms with Crippen LogP contribution in [0.5, 0.6) is 0 Å². The number of sulfonamides is 1. The van der Waals surface area contributed by atoms with Gasteiger partial charge in [0.2, 0.25) is 21.8 Å². The Morgan fingerprint density at radius 3 is 2.37 bits per heavy atom. The van der Waals surface area contributed by atoms with E-state index < -0.39 is 16.1 Å². The van der Waals surface area contributed by atoms with Crippen molar-refractivity contribution in [1.82, 2.24) is 14.1 Å². The number of nitrogens with zero attached hydrogens (tertiary/aromatic N) is 3. The first-order chi connectivity index (χ1) is 16.7. The molecule has 2 aromatic rings. The second-order valence-electron chi connectivity index (χ2n) is 9.22. The van der Waals surface area contributed by atoms with E-state index in [1.165, 1.54) is 23.4 Å². The van der Waals surface area contributed by atoms with E-state index in [1.54, 1.807) is 30.3 Å². The van der Waals surface area contributed by atoms with Crippen LogP contribution in [0.4, 0.5) is 5.69 Å². The summed E-state index contributed by atoms with van der Waals surface area (Å²) >= 11 is 0. The van der Waals surface area contributed by atoms with Crippen molar-refractivity contribution in [2.24, 2.45) is 0 Å². The summed E-state index contributed by atoms with van der Waals surface area (Å²) in [6.07, 6.45) is 5.27. The molecule has 2 aliphatic rings. The van der Waals surface area contributed by atoms with Crippen LogP contribution in [0.2, 0.25) is 0 Å².